The average Bonchev–Trinajstić information content (AvgIpc) is 2.83. The molecule has 0 unspecified atom stereocenters. The lowest BCUT2D eigenvalue weighted by atomic mass is 10.1. The smallest absolute Gasteiger partial charge is 0.191 e. The monoisotopic (exact) mass is 291 g/mol. The van der Waals surface area contributed by atoms with Crippen molar-refractivity contribution < 1.29 is 9.53 Å². The Kier molecular flexibility index (Phi) is 4.79. The van der Waals surface area contributed by atoms with E-state index in [-0.39, 0.29) is 5.78 Å². The molecule has 1 aromatic carbocycles. The van der Waals surface area contributed by atoms with E-state index >= 15 is 0 Å². The van der Waals surface area contributed by atoms with E-state index in [0.29, 0.717) is 17.9 Å². The lowest BCUT2D eigenvalue weighted by Crippen LogP contribution is -2.00. The maximum absolute atomic E-state index is 11.5. The van der Waals surface area contributed by atoms with Crippen LogP contribution in [-0.2, 0) is 12.8 Å². The van der Waals surface area contributed by atoms with Crippen LogP contribution >= 0.6 is 11.8 Å². The van der Waals surface area contributed by atoms with Crippen molar-refractivity contribution in [3.8, 4) is 5.75 Å². The molecule has 2 aromatic rings. The van der Waals surface area contributed by atoms with Crippen molar-refractivity contribution in [2.45, 2.75) is 24.8 Å². The van der Waals surface area contributed by atoms with Gasteiger partial charge in [-0.25, -0.2) is 0 Å². The van der Waals surface area contributed by atoms with E-state index in [1.54, 1.807) is 31.1 Å². The molecule has 2 rings (SSSR count). The van der Waals surface area contributed by atoms with Crippen molar-refractivity contribution in [1.29, 1.82) is 0 Å². The molecule has 0 saturated carbocycles. The summed E-state index contributed by atoms with van der Waals surface area (Å²) >= 11 is 1.57. The first-order chi connectivity index (χ1) is 9.61. The van der Waals surface area contributed by atoms with Gasteiger partial charge in [0.05, 0.1) is 6.61 Å². The summed E-state index contributed by atoms with van der Waals surface area (Å²) in [6, 6.07) is 5.54. The van der Waals surface area contributed by atoms with E-state index in [1.165, 1.54) is 0 Å². The maximum Gasteiger partial charge on any atom is 0.191 e. The van der Waals surface area contributed by atoms with Gasteiger partial charge in [-0.05, 0) is 32.0 Å². The van der Waals surface area contributed by atoms with Crippen LogP contribution in [0.1, 0.15) is 29.8 Å². The molecule has 0 N–H and O–H groups in total. The van der Waals surface area contributed by atoms with Crippen LogP contribution in [0, 0.1) is 0 Å². The molecule has 0 bridgehead atoms. The number of ketones is 1. The minimum atomic E-state index is 0.0537. The highest BCUT2D eigenvalue weighted by atomic mass is 32.2. The van der Waals surface area contributed by atoms with Gasteiger partial charge in [-0.1, -0.05) is 11.8 Å². The number of aromatic nitrogens is 3. The first-order valence-corrected chi connectivity index (χ1v) is 7.33. The molecule has 0 radical (unpaired) electrons. The largest absolute Gasteiger partial charge is 0.494 e. The number of carbonyl (C=O) groups excluding carboxylic acids is 1. The minimum Gasteiger partial charge on any atom is -0.494 e. The van der Waals surface area contributed by atoms with Crippen LogP contribution in [0.2, 0.25) is 0 Å². The lowest BCUT2D eigenvalue weighted by Gasteiger charge is -2.11. The molecule has 0 spiro atoms. The molecule has 0 fully saturated rings. The Balaban J connectivity index is 2.21. The average molecular weight is 291 g/mol. The molecule has 20 heavy (non-hydrogen) atoms. The van der Waals surface area contributed by atoms with Crippen LogP contribution < -0.4 is 4.74 Å². The molecule has 1 heterocycles. The van der Waals surface area contributed by atoms with Crippen molar-refractivity contribution >= 4 is 17.5 Å². The molecule has 0 aliphatic carbocycles. The van der Waals surface area contributed by atoms with E-state index in [4.69, 9.17) is 4.74 Å². The molecule has 5 nitrogen and oxygen atoms in total. The summed E-state index contributed by atoms with van der Waals surface area (Å²) in [5.41, 5.74) is 1.69. The standard InChI is InChI=1S/C14H17N3O2S/c1-4-19-13-6-5-11(10(2)18)7-12(13)8-20-14-16-15-9-17(14)3/h5-7,9H,4,8H2,1-3H3. The minimum absolute atomic E-state index is 0.0537. The highest BCUT2D eigenvalue weighted by Gasteiger charge is 2.10. The second-order valence-electron chi connectivity index (χ2n) is 4.32. The fraction of sp³-hybridized carbons (Fsp3) is 0.357. The van der Waals surface area contributed by atoms with Crippen molar-refractivity contribution in [2.24, 2.45) is 7.05 Å². The highest BCUT2D eigenvalue weighted by Crippen LogP contribution is 2.28. The molecular formula is C14H17N3O2S. The summed E-state index contributed by atoms with van der Waals surface area (Å²) < 4.78 is 7.47. The van der Waals surface area contributed by atoms with E-state index in [9.17, 15) is 4.79 Å². The molecule has 106 valence electrons. The van der Waals surface area contributed by atoms with Crippen molar-refractivity contribution in [3.05, 3.63) is 35.7 Å². The number of benzene rings is 1. The number of ether oxygens (including phenoxy) is 1. The Morgan fingerprint density at radius 3 is 2.85 bits per heavy atom. The number of aryl methyl sites for hydroxylation is 1. The van der Waals surface area contributed by atoms with Gasteiger partial charge in [0.1, 0.15) is 12.1 Å². The van der Waals surface area contributed by atoms with Crippen molar-refractivity contribution in [1.82, 2.24) is 14.8 Å². The van der Waals surface area contributed by atoms with Crippen molar-refractivity contribution in [3.63, 3.8) is 0 Å². The summed E-state index contributed by atoms with van der Waals surface area (Å²) in [6.45, 7) is 4.11. The molecule has 0 saturated heterocycles. The van der Waals surface area contributed by atoms with Gasteiger partial charge in [0.2, 0.25) is 0 Å². The summed E-state index contributed by atoms with van der Waals surface area (Å²) in [5.74, 6) is 1.55. The number of Topliss-reactive ketones (excluding diaryl/α,β-unsaturated/α-hetero) is 1. The Labute approximate surface area is 122 Å². The maximum atomic E-state index is 11.5. The summed E-state index contributed by atoms with van der Waals surface area (Å²) in [4.78, 5) is 11.5. The third kappa shape index (κ3) is 3.39. The molecule has 0 aliphatic heterocycles. The summed E-state index contributed by atoms with van der Waals surface area (Å²) in [6.07, 6.45) is 1.66. The fourth-order valence-electron chi connectivity index (χ4n) is 1.75. The summed E-state index contributed by atoms with van der Waals surface area (Å²) in [5, 5.41) is 8.71. The number of thioether (sulfide) groups is 1. The van der Waals surface area contributed by atoms with Gasteiger partial charge in [0.25, 0.3) is 0 Å². The Hall–Kier alpha value is -1.82. The van der Waals surface area contributed by atoms with E-state index in [1.807, 2.05) is 30.7 Å². The van der Waals surface area contributed by atoms with Crippen LogP contribution in [0.15, 0.2) is 29.7 Å². The zero-order valence-electron chi connectivity index (χ0n) is 11.8. The van der Waals surface area contributed by atoms with Crippen LogP contribution in [-0.4, -0.2) is 27.2 Å². The zero-order valence-corrected chi connectivity index (χ0v) is 12.6. The number of hydrogen-bond donors (Lipinski definition) is 0. The quantitative estimate of drug-likeness (QED) is 0.605. The van der Waals surface area contributed by atoms with E-state index in [0.717, 1.165) is 16.5 Å². The predicted octanol–water partition coefficient (Wildman–Crippen LogP) is 2.71. The van der Waals surface area contributed by atoms with Gasteiger partial charge >= 0.3 is 0 Å². The lowest BCUT2D eigenvalue weighted by molar-refractivity contribution is 0.101. The van der Waals surface area contributed by atoms with Gasteiger partial charge in [0, 0.05) is 23.9 Å². The van der Waals surface area contributed by atoms with Gasteiger partial charge in [0.15, 0.2) is 10.9 Å². The van der Waals surface area contributed by atoms with E-state index in [2.05, 4.69) is 10.2 Å². The van der Waals surface area contributed by atoms with Gasteiger partial charge in [-0.2, -0.15) is 0 Å². The second-order valence-corrected chi connectivity index (χ2v) is 5.27. The van der Waals surface area contributed by atoms with Gasteiger partial charge < -0.3 is 9.30 Å². The first-order valence-electron chi connectivity index (χ1n) is 6.35. The van der Waals surface area contributed by atoms with E-state index < -0.39 is 0 Å². The third-order valence-corrected chi connectivity index (χ3v) is 3.88. The molecule has 0 amide bonds. The molecule has 1 aromatic heterocycles. The molecule has 0 aliphatic rings. The van der Waals surface area contributed by atoms with Crippen LogP contribution in [0.3, 0.4) is 0 Å². The van der Waals surface area contributed by atoms with Gasteiger partial charge in [-0.15, -0.1) is 10.2 Å². The molecular weight excluding hydrogens is 274 g/mol. The predicted molar refractivity (Wildman–Crippen MR) is 78.2 cm³/mol. The van der Waals surface area contributed by atoms with Gasteiger partial charge in [-0.3, -0.25) is 4.79 Å². The normalized spacial score (nSPS) is 10.6. The second kappa shape index (κ2) is 6.56. The fourth-order valence-corrected chi connectivity index (χ4v) is 2.62. The topological polar surface area (TPSA) is 57.0 Å². The Morgan fingerprint density at radius 1 is 1.45 bits per heavy atom. The first kappa shape index (κ1) is 14.6. The molecule has 0 atom stereocenters. The highest BCUT2D eigenvalue weighted by molar-refractivity contribution is 7.98. The van der Waals surface area contributed by atoms with Crippen LogP contribution in [0.4, 0.5) is 0 Å². The van der Waals surface area contributed by atoms with Crippen LogP contribution in [0.5, 0.6) is 5.75 Å². The SMILES string of the molecule is CCOc1ccc(C(C)=O)cc1CSc1nncn1C. The van der Waals surface area contributed by atoms with Crippen molar-refractivity contribution in [2.75, 3.05) is 6.61 Å². The number of nitrogens with zero attached hydrogens (tertiary/aromatic N) is 3. The third-order valence-electron chi connectivity index (χ3n) is 2.79. The summed E-state index contributed by atoms with van der Waals surface area (Å²) in [7, 11) is 1.90. The number of rotatable bonds is 6. The zero-order chi connectivity index (χ0) is 14.5. The number of hydrogen-bond acceptors (Lipinski definition) is 5. The Morgan fingerprint density at radius 2 is 2.25 bits per heavy atom. The Bertz CT molecular complexity index is 610. The molecule has 6 heteroatoms. The number of carbonyl (C=O) groups is 1. The van der Waals surface area contributed by atoms with Crippen LogP contribution in [0.25, 0.3) is 0 Å².